The number of piperidine rings is 2. The van der Waals surface area contributed by atoms with E-state index >= 15 is 0 Å². The molecule has 4 atom stereocenters. The van der Waals surface area contributed by atoms with Crippen molar-refractivity contribution in [3.63, 3.8) is 0 Å². The summed E-state index contributed by atoms with van der Waals surface area (Å²) >= 11 is 3.73. The molecule has 4 rings (SSSR count). The highest BCUT2D eigenvalue weighted by Gasteiger charge is 2.48. The van der Waals surface area contributed by atoms with Crippen LogP contribution in [0, 0.1) is 0 Å². The zero-order chi connectivity index (χ0) is 18.8. The van der Waals surface area contributed by atoms with Crippen molar-refractivity contribution >= 4 is 24.8 Å². The number of hydroxylamine groups is 3. The van der Waals surface area contributed by atoms with Gasteiger partial charge in [-0.15, -0.1) is 0 Å². The largest absolute Gasteiger partial charge is 0.345 e. The maximum absolute atomic E-state index is 12.5. The lowest BCUT2D eigenvalue weighted by Crippen LogP contribution is -2.50. The first kappa shape index (κ1) is 19.3. The maximum Gasteiger partial charge on any atom is 0.345 e. The van der Waals surface area contributed by atoms with E-state index in [1.165, 1.54) is 42.3 Å². The highest BCUT2D eigenvalue weighted by atomic mass is 32.1. The Labute approximate surface area is 165 Å². The lowest BCUT2D eigenvalue weighted by molar-refractivity contribution is -0.139. The molecule has 3 amide bonds. The lowest BCUT2D eigenvalue weighted by atomic mass is 10.0. The van der Waals surface area contributed by atoms with Crippen molar-refractivity contribution in [1.82, 2.24) is 25.7 Å². The molecule has 4 fully saturated rings. The van der Waals surface area contributed by atoms with Gasteiger partial charge in [0.05, 0.1) is 12.6 Å². The van der Waals surface area contributed by atoms with Crippen LogP contribution in [0.3, 0.4) is 0 Å². The third-order valence-electron chi connectivity index (χ3n) is 6.28. The van der Waals surface area contributed by atoms with Crippen LogP contribution in [0.2, 0.25) is 0 Å². The zero-order valence-electron chi connectivity index (χ0n) is 15.5. The van der Waals surface area contributed by atoms with Gasteiger partial charge in [0.1, 0.15) is 6.04 Å². The second-order valence-corrected chi connectivity index (χ2v) is 8.12. The number of amides is 3. The number of hydrogen-bond donors (Lipinski definition) is 3. The Hall–Kier alpha value is -1.07. The number of carbonyl (C=O) groups is 2. The molecule has 0 aliphatic carbocycles. The third kappa shape index (κ3) is 4.04. The van der Waals surface area contributed by atoms with E-state index in [-0.39, 0.29) is 24.0 Å². The van der Waals surface area contributed by atoms with Crippen molar-refractivity contribution in [2.45, 2.75) is 62.7 Å². The number of thiol groups is 1. The quantitative estimate of drug-likeness (QED) is 0.338. The summed E-state index contributed by atoms with van der Waals surface area (Å²) in [5, 5.41) is 4.73. The number of hydrogen-bond acceptors (Lipinski definition) is 7. The van der Waals surface area contributed by atoms with Gasteiger partial charge >= 0.3 is 6.03 Å². The first-order valence-electron chi connectivity index (χ1n) is 9.98. The van der Waals surface area contributed by atoms with E-state index in [4.69, 9.17) is 9.12 Å². The summed E-state index contributed by atoms with van der Waals surface area (Å²) in [5.74, 6) is -0.270. The molecule has 4 saturated heterocycles. The lowest BCUT2D eigenvalue weighted by Gasteiger charge is -2.31. The summed E-state index contributed by atoms with van der Waals surface area (Å²) in [6.07, 6.45) is 6.27. The van der Waals surface area contributed by atoms with E-state index < -0.39 is 6.04 Å². The molecule has 9 nitrogen and oxygen atoms in total. The molecule has 0 aromatic carbocycles. The van der Waals surface area contributed by atoms with Crippen LogP contribution in [-0.2, 0) is 13.9 Å². The Morgan fingerprint density at radius 3 is 2.81 bits per heavy atom. The van der Waals surface area contributed by atoms with Gasteiger partial charge < -0.3 is 10.2 Å². The number of rotatable bonds is 6. The topological polar surface area (TPSA) is 86.4 Å². The van der Waals surface area contributed by atoms with E-state index in [0.717, 1.165) is 13.0 Å². The van der Waals surface area contributed by atoms with Crippen molar-refractivity contribution in [2.75, 3.05) is 32.8 Å². The standard InChI is InChI=1S/C17H29N5O4S/c23-16(15-5-4-13-10-21(15)17(24)22(13)26-27)19-25-11-12-8-14(9-18-12)20-6-2-1-3-7-20/h12-15,18,27H,1-11H2,(H,19,23)/t12-,13?,14+,15?/m1/s1. The molecule has 27 heavy (non-hydrogen) atoms. The second-order valence-electron chi connectivity index (χ2n) is 7.96. The van der Waals surface area contributed by atoms with E-state index in [2.05, 4.69) is 28.6 Å². The van der Waals surface area contributed by atoms with Gasteiger partial charge in [0, 0.05) is 38.1 Å². The van der Waals surface area contributed by atoms with Gasteiger partial charge in [-0.1, -0.05) is 6.42 Å². The van der Waals surface area contributed by atoms with Crippen LogP contribution < -0.4 is 10.8 Å². The maximum atomic E-state index is 12.5. The molecule has 0 aromatic heterocycles. The van der Waals surface area contributed by atoms with Crippen molar-refractivity contribution < 1.29 is 18.7 Å². The number of fused-ring (bicyclic) bond motifs is 2. The van der Waals surface area contributed by atoms with Crippen molar-refractivity contribution in [3.05, 3.63) is 0 Å². The number of nitrogens with zero attached hydrogens (tertiary/aromatic N) is 3. The fourth-order valence-electron chi connectivity index (χ4n) is 4.78. The number of carbonyl (C=O) groups excluding carboxylic acids is 2. The fourth-order valence-corrected chi connectivity index (χ4v) is 4.98. The van der Waals surface area contributed by atoms with Crippen molar-refractivity contribution in [2.24, 2.45) is 0 Å². The van der Waals surface area contributed by atoms with Gasteiger partial charge in [-0.05, 0) is 45.2 Å². The molecule has 0 saturated carbocycles. The monoisotopic (exact) mass is 399 g/mol. The molecular formula is C17H29N5O4S. The Kier molecular flexibility index (Phi) is 6.08. The molecule has 10 heteroatoms. The van der Waals surface area contributed by atoms with Gasteiger partial charge in [-0.3, -0.25) is 14.5 Å². The third-order valence-corrected chi connectivity index (χ3v) is 6.45. The normalized spacial score (nSPS) is 34.3. The minimum absolute atomic E-state index is 0.0330. The molecule has 4 aliphatic heterocycles. The Morgan fingerprint density at radius 2 is 2.04 bits per heavy atom. The van der Waals surface area contributed by atoms with E-state index in [9.17, 15) is 9.59 Å². The summed E-state index contributed by atoms with van der Waals surface area (Å²) in [6, 6.07) is -0.0440. The first-order valence-corrected chi connectivity index (χ1v) is 10.3. The molecular weight excluding hydrogens is 370 g/mol. The van der Waals surface area contributed by atoms with E-state index in [0.29, 0.717) is 32.0 Å². The summed E-state index contributed by atoms with van der Waals surface area (Å²) in [6.45, 7) is 4.28. The zero-order valence-corrected chi connectivity index (χ0v) is 16.4. The summed E-state index contributed by atoms with van der Waals surface area (Å²) in [4.78, 5) is 34.3. The molecule has 0 radical (unpaired) electrons. The number of urea groups is 1. The average molecular weight is 400 g/mol. The number of nitrogens with one attached hydrogen (secondary N) is 2. The molecule has 4 heterocycles. The van der Waals surface area contributed by atoms with Gasteiger partial charge in [-0.25, -0.2) is 14.6 Å². The smallest absolute Gasteiger partial charge is 0.310 e. The van der Waals surface area contributed by atoms with Gasteiger partial charge in [-0.2, -0.15) is 5.06 Å². The fraction of sp³-hybridized carbons (Fsp3) is 0.882. The van der Waals surface area contributed by atoms with Gasteiger partial charge in [0.15, 0.2) is 0 Å². The summed E-state index contributed by atoms with van der Waals surface area (Å²) < 4.78 is 4.84. The molecule has 0 spiro atoms. The highest BCUT2D eigenvalue weighted by molar-refractivity contribution is 7.75. The predicted molar refractivity (Wildman–Crippen MR) is 101 cm³/mol. The van der Waals surface area contributed by atoms with Crippen LogP contribution in [0.15, 0.2) is 0 Å². The van der Waals surface area contributed by atoms with E-state index in [1.54, 1.807) is 0 Å². The Morgan fingerprint density at radius 1 is 1.22 bits per heavy atom. The molecule has 2 bridgehead atoms. The van der Waals surface area contributed by atoms with Crippen LogP contribution in [0.1, 0.15) is 38.5 Å². The summed E-state index contributed by atoms with van der Waals surface area (Å²) in [7, 11) is 0. The molecule has 4 aliphatic rings. The minimum atomic E-state index is -0.514. The first-order chi connectivity index (χ1) is 13.2. The average Bonchev–Trinajstić information content (AvgIpc) is 3.26. The molecule has 152 valence electrons. The van der Waals surface area contributed by atoms with Crippen LogP contribution in [0.25, 0.3) is 0 Å². The van der Waals surface area contributed by atoms with Crippen LogP contribution in [0.5, 0.6) is 0 Å². The molecule has 2 unspecified atom stereocenters. The molecule has 2 N–H and O–H groups in total. The van der Waals surface area contributed by atoms with Crippen LogP contribution >= 0.6 is 12.9 Å². The van der Waals surface area contributed by atoms with Crippen molar-refractivity contribution in [3.8, 4) is 0 Å². The predicted octanol–water partition coefficient (Wildman–Crippen LogP) is 0.296. The van der Waals surface area contributed by atoms with Crippen molar-refractivity contribution in [1.29, 1.82) is 0 Å². The summed E-state index contributed by atoms with van der Waals surface area (Å²) in [5.41, 5.74) is 2.55. The van der Waals surface area contributed by atoms with Gasteiger partial charge in [0.2, 0.25) is 0 Å². The number of likely N-dealkylation sites (tertiary alicyclic amines) is 1. The highest BCUT2D eigenvalue weighted by Crippen LogP contribution is 2.30. The molecule has 0 aromatic rings. The van der Waals surface area contributed by atoms with E-state index in [1.807, 2.05) is 0 Å². The SMILES string of the molecule is O=C(NOC[C@H]1C[C@H](N2CCCCC2)CN1)C1CCC2CN1C(=O)N2OS. The minimum Gasteiger partial charge on any atom is -0.310 e. The van der Waals surface area contributed by atoms with Crippen LogP contribution in [0.4, 0.5) is 4.79 Å². The van der Waals surface area contributed by atoms with Crippen LogP contribution in [-0.4, -0.2) is 83.8 Å². The Balaban J connectivity index is 1.20. The van der Waals surface area contributed by atoms with Gasteiger partial charge in [0.25, 0.3) is 5.91 Å². The second kappa shape index (κ2) is 8.52. The Bertz CT molecular complexity index is 561.